The third-order valence-corrected chi connectivity index (χ3v) is 3.15. The van der Waals surface area contributed by atoms with Crippen LogP contribution in [0.25, 0.3) is 11.3 Å². The molecule has 5 nitrogen and oxygen atoms in total. The van der Waals surface area contributed by atoms with E-state index in [1.807, 2.05) is 37.3 Å². The zero-order valence-corrected chi connectivity index (χ0v) is 12.9. The molecule has 2 aromatic rings. The van der Waals surface area contributed by atoms with Crippen molar-refractivity contribution < 1.29 is 9.32 Å². The van der Waals surface area contributed by atoms with Crippen LogP contribution >= 0.6 is 12.4 Å². The highest BCUT2D eigenvalue weighted by molar-refractivity contribution is 6.00. The molecular formula is C15H20ClN3O2. The summed E-state index contributed by atoms with van der Waals surface area (Å²) in [5.74, 6) is 0.573. The van der Waals surface area contributed by atoms with Crippen molar-refractivity contribution in [2.45, 2.75) is 13.8 Å². The molecular weight excluding hydrogens is 290 g/mol. The molecule has 0 saturated heterocycles. The van der Waals surface area contributed by atoms with E-state index in [2.05, 4.69) is 10.5 Å². The van der Waals surface area contributed by atoms with Crippen molar-refractivity contribution in [3.8, 4) is 11.3 Å². The topological polar surface area (TPSA) is 81.2 Å². The van der Waals surface area contributed by atoms with Crippen LogP contribution in [0, 0.1) is 12.8 Å². The van der Waals surface area contributed by atoms with Crippen LogP contribution in [0.5, 0.6) is 0 Å². The number of aryl methyl sites for hydroxylation is 1. The molecule has 114 valence electrons. The van der Waals surface area contributed by atoms with E-state index in [1.165, 1.54) is 0 Å². The minimum absolute atomic E-state index is 0. The zero-order chi connectivity index (χ0) is 14.5. The summed E-state index contributed by atoms with van der Waals surface area (Å²) in [4.78, 5) is 12.3. The summed E-state index contributed by atoms with van der Waals surface area (Å²) in [7, 11) is 0. The molecule has 1 heterocycles. The zero-order valence-electron chi connectivity index (χ0n) is 12.1. The third kappa shape index (κ3) is 4.06. The molecule has 0 aliphatic heterocycles. The Hall–Kier alpha value is -1.85. The van der Waals surface area contributed by atoms with Gasteiger partial charge < -0.3 is 15.6 Å². The monoisotopic (exact) mass is 309 g/mol. The van der Waals surface area contributed by atoms with Crippen LogP contribution in [0.4, 0.5) is 0 Å². The lowest BCUT2D eigenvalue weighted by atomic mass is 10.1. The molecule has 6 heteroatoms. The van der Waals surface area contributed by atoms with Gasteiger partial charge in [0, 0.05) is 12.1 Å². The van der Waals surface area contributed by atoms with E-state index in [0.29, 0.717) is 30.1 Å². The molecule has 1 atom stereocenters. The third-order valence-electron chi connectivity index (χ3n) is 3.15. The van der Waals surface area contributed by atoms with Gasteiger partial charge in [0.2, 0.25) is 0 Å². The largest absolute Gasteiger partial charge is 0.360 e. The number of hydrogen-bond donors (Lipinski definition) is 2. The first kappa shape index (κ1) is 17.2. The Balaban J connectivity index is 0.00000220. The lowest BCUT2D eigenvalue weighted by molar-refractivity contribution is 0.0947. The number of nitrogens with zero attached hydrogens (tertiary/aromatic N) is 1. The first-order valence-corrected chi connectivity index (χ1v) is 6.63. The van der Waals surface area contributed by atoms with Crippen LogP contribution < -0.4 is 11.1 Å². The second-order valence-electron chi connectivity index (χ2n) is 4.88. The molecule has 1 aromatic carbocycles. The highest BCUT2D eigenvalue weighted by Crippen LogP contribution is 2.24. The summed E-state index contributed by atoms with van der Waals surface area (Å²) in [6.07, 6.45) is 0. The van der Waals surface area contributed by atoms with E-state index in [9.17, 15) is 4.79 Å². The number of halogens is 1. The van der Waals surface area contributed by atoms with Crippen molar-refractivity contribution in [2.24, 2.45) is 11.7 Å². The van der Waals surface area contributed by atoms with Crippen molar-refractivity contribution >= 4 is 18.3 Å². The van der Waals surface area contributed by atoms with Gasteiger partial charge >= 0.3 is 0 Å². The fourth-order valence-electron chi connectivity index (χ4n) is 1.87. The van der Waals surface area contributed by atoms with Crippen LogP contribution in [-0.4, -0.2) is 24.2 Å². The van der Waals surface area contributed by atoms with Gasteiger partial charge in [-0.3, -0.25) is 4.79 Å². The van der Waals surface area contributed by atoms with Gasteiger partial charge in [-0.15, -0.1) is 12.4 Å². The summed E-state index contributed by atoms with van der Waals surface area (Å²) in [5, 5.41) is 6.86. The van der Waals surface area contributed by atoms with E-state index in [-0.39, 0.29) is 24.2 Å². The van der Waals surface area contributed by atoms with Crippen molar-refractivity contribution in [3.63, 3.8) is 0 Å². The average Bonchev–Trinajstić information content (AvgIpc) is 2.87. The molecule has 0 fully saturated rings. The van der Waals surface area contributed by atoms with Crippen molar-refractivity contribution in [1.82, 2.24) is 10.5 Å². The minimum atomic E-state index is -0.178. The van der Waals surface area contributed by atoms with Gasteiger partial charge in [0.25, 0.3) is 5.91 Å². The average molecular weight is 310 g/mol. The fraction of sp³-hybridized carbons (Fsp3) is 0.333. The number of hydrogen-bond acceptors (Lipinski definition) is 4. The fourth-order valence-corrected chi connectivity index (χ4v) is 1.87. The van der Waals surface area contributed by atoms with Crippen molar-refractivity contribution in [1.29, 1.82) is 0 Å². The molecule has 1 aromatic heterocycles. The number of carbonyl (C=O) groups is 1. The van der Waals surface area contributed by atoms with Gasteiger partial charge in [0.1, 0.15) is 17.0 Å². The highest BCUT2D eigenvalue weighted by Gasteiger charge is 2.21. The Morgan fingerprint density at radius 1 is 1.38 bits per heavy atom. The van der Waals surface area contributed by atoms with Gasteiger partial charge in [-0.25, -0.2) is 0 Å². The molecule has 1 unspecified atom stereocenters. The molecule has 0 saturated carbocycles. The molecule has 3 N–H and O–H groups in total. The normalized spacial score (nSPS) is 11.6. The maximum absolute atomic E-state index is 12.3. The molecule has 1 amide bonds. The summed E-state index contributed by atoms with van der Waals surface area (Å²) in [5.41, 5.74) is 7.46. The van der Waals surface area contributed by atoms with Crippen LogP contribution in [0.2, 0.25) is 0 Å². The number of benzene rings is 1. The van der Waals surface area contributed by atoms with E-state index in [1.54, 1.807) is 6.92 Å². The van der Waals surface area contributed by atoms with E-state index < -0.39 is 0 Å². The number of nitrogens with two attached hydrogens (primary N) is 1. The predicted octanol–water partition coefficient (Wildman–Crippen LogP) is 2.40. The molecule has 0 radical (unpaired) electrons. The van der Waals surface area contributed by atoms with Crippen LogP contribution in [0.1, 0.15) is 23.0 Å². The van der Waals surface area contributed by atoms with Crippen LogP contribution in [0.3, 0.4) is 0 Å². The summed E-state index contributed by atoms with van der Waals surface area (Å²) < 4.78 is 5.17. The first-order valence-electron chi connectivity index (χ1n) is 6.63. The van der Waals surface area contributed by atoms with E-state index >= 15 is 0 Å². The first-order chi connectivity index (χ1) is 9.63. The summed E-state index contributed by atoms with van der Waals surface area (Å²) in [6, 6.07) is 9.52. The Kier molecular flexibility index (Phi) is 6.39. The van der Waals surface area contributed by atoms with Gasteiger partial charge in [-0.2, -0.15) is 0 Å². The highest BCUT2D eigenvalue weighted by atomic mass is 35.5. The van der Waals surface area contributed by atoms with Gasteiger partial charge in [-0.1, -0.05) is 42.4 Å². The Bertz CT molecular complexity index is 584. The second-order valence-corrected chi connectivity index (χ2v) is 4.88. The second kappa shape index (κ2) is 7.81. The van der Waals surface area contributed by atoms with Crippen LogP contribution in [-0.2, 0) is 0 Å². The molecule has 21 heavy (non-hydrogen) atoms. The van der Waals surface area contributed by atoms with Gasteiger partial charge in [0.15, 0.2) is 0 Å². The SMILES string of the molecule is Cc1onc(-c2ccccc2)c1C(=O)NCC(C)CN.Cl. The molecule has 0 aliphatic carbocycles. The predicted molar refractivity (Wildman–Crippen MR) is 84.5 cm³/mol. The van der Waals surface area contributed by atoms with Crippen LogP contribution in [0.15, 0.2) is 34.9 Å². The van der Waals surface area contributed by atoms with Gasteiger partial charge in [-0.05, 0) is 19.4 Å². The van der Waals surface area contributed by atoms with E-state index in [0.717, 1.165) is 5.56 Å². The number of rotatable bonds is 5. The van der Waals surface area contributed by atoms with Crippen molar-refractivity contribution in [2.75, 3.05) is 13.1 Å². The Morgan fingerprint density at radius 2 is 2.05 bits per heavy atom. The molecule has 0 aliphatic rings. The number of aromatic nitrogens is 1. The van der Waals surface area contributed by atoms with E-state index in [4.69, 9.17) is 10.3 Å². The Labute approximate surface area is 130 Å². The van der Waals surface area contributed by atoms with Crippen molar-refractivity contribution in [3.05, 3.63) is 41.7 Å². The maximum Gasteiger partial charge on any atom is 0.257 e. The summed E-state index contributed by atoms with van der Waals surface area (Å²) >= 11 is 0. The number of amides is 1. The summed E-state index contributed by atoms with van der Waals surface area (Å²) in [6.45, 7) is 4.79. The Morgan fingerprint density at radius 3 is 2.67 bits per heavy atom. The molecule has 0 spiro atoms. The smallest absolute Gasteiger partial charge is 0.257 e. The lowest BCUT2D eigenvalue weighted by Crippen LogP contribution is -2.31. The number of nitrogens with one attached hydrogen (secondary N) is 1. The molecule has 0 bridgehead atoms. The molecule has 2 rings (SSSR count). The lowest BCUT2D eigenvalue weighted by Gasteiger charge is -2.10. The minimum Gasteiger partial charge on any atom is -0.360 e. The van der Waals surface area contributed by atoms with Gasteiger partial charge in [0.05, 0.1) is 0 Å². The number of carbonyl (C=O) groups excluding carboxylic acids is 1. The standard InChI is InChI=1S/C15H19N3O2.ClH/c1-10(8-16)9-17-15(19)13-11(2)20-18-14(13)12-6-4-3-5-7-12;/h3-7,10H,8-9,16H2,1-2H3,(H,17,19);1H. The maximum atomic E-state index is 12.3. The quantitative estimate of drug-likeness (QED) is 0.888.